The lowest BCUT2D eigenvalue weighted by Gasteiger charge is -2.15. The normalized spacial score (nSPS) is 10.0. The van der Waals surface area contributed by atoms with Crippen molar-refractivity contribution in [2.75, 3.05) is 20.0 Å². The van der Waals surface area contributed by atoms with Gasteiger partial charge in [0, 0.05) is 6.20 Å². The minimum atomic E-state index is -0.612. The van der Waals surface area contributed by atoms with Crippen LogP contribution < -0.4 is 10.5 Å². The first-order valence-corrected chi connectivity index (χ1v) is 6.18. The molecule has 21 heavy (non-hydrogen) atoms. The highest BCUT2D eigenvalue weighted by Gasteiger charge is 2.24. The second-order valence-electron chi connectivity index (χ2n) is 4.40. The molecule has 0 saturated heterocycles. The van der Waals surface area contributed by atoms with Gasteiger partial charge in [-0.25, -0.2) is 4.79 Å². The molecule has 2 N–H and O–H groups in total. The van der Waals surface area contributed by atoms with Gasteiger partial charge < -0.3 is 19.8 Å². The third-order valence-corrected chi connectivity index (χ3v) is 3.21. The molecule has 6 nitrogen and oxygen atoms in total. The largest absolute Gasteiger partial charge is 0.495 e. The van der Waals surface area contributed by atoms with Gasteiger partial charge in [0.05, 0.1) is 31.2 Å². The van der Waals surface area contributed by atoms with Crippen LogP contribution in [0.25, 0.3) is 5.69 Å². The highest BCUT2D eigenvalue weighted by molar-refractivity contribution is 5.96. The molecule has 2 rings (SSSR count). The fourth-order valence-electron chi connectivity index (χ4n) is 2.20. The van der Waals surface area contributed by atoms with E-state index in [0.717, 1.165) is 5.56 Å². The minimum Gasteiger partial charge on any atom is -0.495 e. The van der Waals surface area contributed by atoms with Crippen molar-refractivity contribution in [3.05, 3.63) is 41.2 Å². The fraction of sp³-hybridized carbons (Fsp3) is 0.200. The Morgan fingerprint density at radius 3 is 2.67 bits per heavy atom. The molecule has 0 aliphatic carbocycles. The van der Waals surface area contributed by atoms with E-state index in [4.69, 9.17) is 20.5 Å². The number of aromatic nitrogens is 1. The molecule has 0 fully saturated rings. The van der Waals surface area contributed by atoms with Crippen LogP contribution in [0.15, 0.2) is 24.4 Å². The number of carbonyl (C=O) groups excluding carboxylic acids is 1. The van der Waals surface area contributed by atoms with Crippen LogP contribution >= 0.6 is 0 Å². The van der Waals surface area contributed by atoms with Gasteiger partial charge in [0.25, 0.3) is 0 Å². The maximum atomic E-state index is 12.0. The zero-order valence-corrected chi connectivity index (χ0v) is 12.0. The van der Waals surface area contributed by atoms with Crippen LogP contribution in [0.3, 0.4) is 0 Å². The lowest BCUT2D eigenvalue weighted by atomic mass is 10.1. The van der Waals surface area contributed by atoms with Crippen LogP contribution in [0, 0.1) is 18.3 Å². The number of carbonyl (C=O) groups is 1. The summed E-state index contributed by atoms with van der Waals surface area (Å²) >= 11 is 0. The molecule has 0 amide bonds. The van der Waals surface area contributed by atoms with Crippen LogP contribution in [0.2, 0.25) is 0 Å². The van der Waals surface area contributed by atoms with Crippen molar-refractivity contribution in [2.24, 2.45) is 0 Å². The highest BCUT2D eigenvalue weighted by Crippen LogP contribution is 2.32. The third kappa shape index (κ3) is 2.30. The standard InChI is InChI=1S/C15H15N3O3/c1-9-5-4-6-11(20-2)13(9)18-8-10(7-16)12(17)14(18)15(19)21-3/h4-6,8H,17H2,1-3H3. The molecular formula is C15H15N3O3. The summed E-state index contributed by atoms with van der Waals surface area (Å²) in [6.07, 6.45) is 1.51. The minimum absolute atomic E-state index is 0.0923. The van der Waals surface area contributed by atoms with Crippen molar-refractivity contribution in [3.8, 4) is 17.5 Å². The van der Waals surface area contributed by atoms with Gasteiger partial charge >= 0.3 is 5.97 Å². The number of nitrogens with two attached hydrogens (primary N) is 1. The second kappa shape index (κ2) is 5.59. The summed E-state index contributed by atoms with van der Waals surface area (Å²) < 4.78 is 11.6. The summed E-state index contributed by atoms with van der Waals surface area (Å²) in [6.45, 7) is 1.88. The Balaban J connectivity index is 2.82. The van der Waals surface area contributed by atoms with Crippen molar-refractivity contribution in [2.45, 2.75) is 6.92 Å². The quantitative estimate of drug-likeness (QED) is 0.871. The average molecular weight is 285 g/mol. The van der Waals surface area contributed by atoms with Crippen LogP contribution in [0.4, 0.5) is 5.69 Å². The number of ether oxygens (including phenoxy) is 2. The molecule has 0 radical (unpaired) electrons. The SMILES string of the molecule is COC(=O)c1c(N)c(C#N)cn1-c1c(C)cccc1OC. The smallest absolute Gasteiger partial charge is 0.357 e. The van der Waals surface area contributed by atoms with Crippen LogP contribution in [-0.4, -0.2) is 24.8 Å². The Bertz CT molecular complexity index is 741. The second-order valence-corrected chi connectivity index (χ2v) is 4.40. The number of rotatable bonds is 3. The Labute approximate surface area is 122 Å². The predicted molar refractivity (Wildman–Crippen MR) is 77.5 cm³/mol. The van der Waals surface area contributed by atoms with Gasteiger partial charge in [-0.3, -0.25) is 0 Å². The first kappa shape index (κ1) is 14.5. The van der Waals surface area contributed by atoms with Gasteiger partial charge in [-0.05, 0) is 18.6 Å². The van der Waals surface area contributed by atoms with Gasteiger partial charge in [0.2, 0.25) is 0 Å². The molecule has 0 atom stereocenters. The molecular weight excluding hydrogens is 270 g/mol. The van der Waals surface area contributed by atoms with Crippen molar-refractivity contribution >= 4 is 11.7 Å². The van der Waals surface area contributed by atoms with E-state index < -0.39 is 5.97 Å². The molecule has 1 aromatic carbocycles. The number of hydrogen-bond donors (Lipinski definition) is 1. The summed E-state index contributed by atoms with van der Waals surface area (Å²) in [6, 6.07) is 7.45. The van der Waals surface area contributed by atoms with E-state index in [1.165, 1.54) is 25.0 Å². The number of nitriles is 1. The van der Waals surface area contributed by atoms with E-state index in [9.17, 15) is 4.79 Å². The summed E-state index contributed by atoms with van der Waals surface area (Å²) in [5.74, 6) is -0.0426. The molecule has 0 aliphatic heterocycles. The highest BCUT2D eigenvalue weighted by atomic mass is 16.5. The maximum Gasteiger partial charge on any atom is 0.357 e. The van der Waals surface area contributed by atoms with Crippen LogP contribution in [0.1, 0.15) is 21.6 Å². The summed E-state index contributed by atoms with van der Waals surface area (Å²) in [4.78, 5) is 12.0. The molecule has 1 heterocycles. The summed E-state index contributed by atoms with van der Waals surface area (Å²) in [5.41, 5.74) is 7.82. The molecule has 108 valence electrons. The molecule has 0 saturated carbocycles. The number of nitrogens with zero attached hydrogens (tertiary/aromatic N) is 2. The monoisotopic (exact) mass is 285 g/mol. The van der Waals surface area contributed by atoms with Gasteiger partial charge in [-0.1, -0.05) is 12.1 Å². The first-order chi connectivity index (χ1) is 10.0. The van der Waals surface area contributed by atoms with E-state index in [-0.39, 0.29) is 16.9 Å². The van der Waals surface area contributed by atoms with Gasteiger partial charge in [0.15, 0.2) is 5.69 Å². The van der Waals surface area contributed by atoms with E-state index in [0.29, 0.717) is 11.4 Å². The van der Waals surface area contributed by atoms with Crippen molar-refractivity contribution in [1.82, 2.24) is 4.57 Å². The zero-order chi connectivity index (χ0) is 15.6. The summed E-state index contributed by atoms with van der Waals surface area (Å²) in [7, 11) is 2.80. The third-order valence-electron chi connectivity index (χ3n) is 3.21. The molecule has 0 aliphatic rings. The Kier molecular flexibility index (Phi) is 3.85. The Morgan fingerprint density at radius 2 is 2.10 bits per heavy atom. The van der Waals surface area contributed by atoms with Gasteiger partial charge in [0.1, 0.15) is 11.8 Å². The van der Waals surface area contributed by atoms with Crippen LogP contribution in [0.5, 0.6) is 5.75 Å². The van der Waals surface area contributed by atoms with E-state index in [2.05, 4.69) is 0 Å². The fourth-order valence-corrected chi connectivity index (χ4v) is 2.20. The molecule has 0 bridgehead atoms. The maximum absolute atomic E-state index is 12.0. The van der Waals surface area contributed by atoms with E-state index >= 15 is 0 Å². The van der Waals surface area contributed by atoms with Crippen molar-refractivity contribution in [1.29, 1.82) is 5.26 Å². The number of esters is 1. The lowest BCUT2D eigenvalue weighted by Crippen LogP contribution is -2.12. The molecule has 0 spiro atoms. The number of benzene rings is 1. The van der Waals surface area contributed by atoms with Crippen molar-refractivity contribution in [3.63, 3.8) is 0 Å². The van der Waals surface area contributed by atoms with Crippen LogP contribution in [-0.2, 0) is 4.74 Å². The number of methoxy groups -OCH3 is 2. The topological polar surface area (TPSA) is 90.3 Å². The zero-order valence-electron chi connectivity index (χ0n) is 12.0. The average Bonchev–Trinajstić information content (AvgIpc) is 2.82. The van der Waals surface area contributed by atoms with Crippen molar-refractivity contribution < 1.29 is 14.3 Å². The lowest BCUT2D eigenvalue weighted by molar-refractivity contribution is 0.0593. The summed E-state index contributed by atoms with van der Waals surface area (Å²) in [5, 5.41) is 9.13. The Morgan fingerprint density at radius 1 is 1.38 bits per heavy atom. The number of hydrogen-bond acceptors (Lipinski definition) is 5. The molecule has 0 unspecified atom stereocenters. The van der Waals surface area contributed by atoms with E-state index in [1.54, 1.807) is 6.07 Å². The molecule has 2 aromatic rings. The number of nitrogen functional groups attached to an aromatic ring is 1. The van der Waals surface area contributed by atoms with E-state index in [1.807, 2.05) is 25.1 Å². The Hall–Kier alpha value is -2.94. The number of anilines is 1. The van der Waals surface area contributed by atoms with Gasteiger partial charge in [-0.2, -0.15) is 5.26 Å². The number of para-hydroxylation sites is 1. The molecule has 6 heteroatoms. The predicted octanol–water partition coefficient (Wildman–Crippen LogP) is 2.03. The first-order valence-electron chi connectivity index (χ1n) is 6.18. The van der Waals surface area contributed by atoms with Gasteiger partial charge in [-0.15, -0.1) is 0 Å². The molecule has 1 aromatic heterocycles. The number of aryl methyl sites for hydroxylation is 1.